The van der Waals surface area contributed by atoms with Crippen LogP contribution in [0.2, 0.25) is 0 Å². The average molecular weight is 386 g/mol. The maximum atomic E-state index is 13.5. The molecule has 3 nitrogen and oxygen atoms in total. The van der Waals surface area contributed by atoms with Crippen LogP contribution in [0.1, 0.15) is 19.8 Å². The van der Waals surface area contributed by atoms with E-state index in [0.29, 0.717) is 0 Å². The lowest BCUT2D eigenvalue weighted by Crippen LogP contribution is -2.61. The Morgan fingerprint density at radius 1 is 0.833 bits per heavy atom. The van der Waals surface area contributed by atoms with E-state index >= 15 is 0 Å². The van der Waals surface area contributed by atoms with Crippen LogP contribution in [0, 0.1) is 0 Å². The second-order valence-electron chi connectivity index (χ2n) is 4.27. The van der Waals surface area contributed by atoms with Crippen LogP contribution >= 0.6 is 0 Å². The van der Waals surface area contributed by atoms with E-state index in [-0.39, 0.29) is 12.8 Å². The Morgan fingerprint density at radius 2 is 1.29 bits per heavy atom. The molecule has 0 aromatic carbocycles. The van der Waals surface area contributed by atoms with E-state index in [9.17, 15) is 53.1 Å². The summed E-state index contributed by atoms with van der Waals surface area (Å²) in [4.78, 5) is 10.9. The molecule has 1 atom stereocenters. The van der Waals surface area contributed by atoms with Gasteiger partial charge in [-0.1, -0.05) is 13.3 Å². The number of hydrogen-bond donors (Lipinski definition) is 0. The van der Waals surface area contributed by atoms with Gasteiger partial charge < -0.3 is 4.74 Å². The van der Waals surface area contributed by atoms with Gasteiger partial charge in [0.05, 0.1) is 6.61 Å². The SMILES string of the molecule is CCCCOC(=O)C(F)(OC(F)(F)C(F)(F)C(F)(F)F)C(F)(F)F. The smallest absolute Gasteiger partial charge is 0.461 e. The summed E-state index contributed by atoms with van der Waals surface area (Å²) in [6, 6.07) is 0. The molecular formula is C10H9F11O3. The van der Waals surface area contributed by atoms with Gasteiger partial charge in [-0.15, -0.1) is 0 Å². The van der Waals surface area contributed by atoms with Gasteiger partial charge in [0, 0.05) is 0 Å². The van der Waals surface area contributed by atoms with E-state index in [0.717, 1.165) is 0 Å². The van der Waals surface area contributed by atoms with Crippen molar-refractivity contribution in [1.29, 1.82) is 0 Å². The molecule has 0 aliphatic heterocycles. The van der Waals surface area contributed by atoms with Crippen molar-refractivity contribution in [2.24, 2.45) is 0 Å². The summed E-state index contributed by atoms with van der Waals surface area (Å²) in [6.07, 6.45) is -20.9. The largest absolute Gasteiger partial charge is 0.462 e. The van der Waals surface area contributed by atoms with Crippen LogP contribution in [-0.4, -0.2) is 42.8 Å². The molecule has 0 N–H and O–H groups in total. The third-order valence-corrected chi connectivity index (χ3v) is 2.35. The number of esters is 1. The molecule has 0 bridgehead atoms. The fourth-order valence-electron chi connectivity index (χ4n) is 1.02. The van der Waals surface area contributed by atoms with Gasteiger partial charge in [0.25, 0.3) is 0 Å². The Hall–Kier alpha value is -1.34. The number of rotatable bonds is 7. The highest BCUT2D eigenvalue weighted by molar-refractivity contribution is 5.78. The lowest BCUT2D eigenvalue weighted by atomic mass is 10.2. The second-order valence-corrected chi connectivity index (χ2v) is 4.27. The number of ether oxygens (including phenoxy) is 2. The van der Waals surface area contributed by atoms with Crippen LogP contribution in [-0.2, 0) is 14.3 Å². The third kappa shape index (κ3) is 4.39. The van der Waals surface area contributed by atoms with E-state index in [1.54, 1.807) is 0 Å². The zero-order valence-electron chi connectivity index (χ0n) is 11.5. The summed E-state index contributed by atoms with van der Waals surface area (Å²) < 4.78 is 143. The summed E-state index contributed by atoms with van der Waals surface area (Å²) in [5, 5.41) is 0. The molecule has 144 valence electrons. The second kappa shape index (κ2) is 6.88. The van der Waals surface area contributed by atoms with Crippen LogP contribution < -0.4 is 0 Å². The van der Waals surface area contributed by atoms with Gasteiger partial charge in [0.1, 0.15) is 0 Å². The fraction of sp³-hybridized carbons (Fsp3) is 0.900. The van der Waals surface area contributed by atoms with Crippen LogP contribution in [0.4, 0.5) is 48.3 Å². The highest BCUT2D eigenvalue weighted by Crippen LogP contribution is 2.51. The van der Waals surface area contributed by atoms with Gasteiger partial charge in [-0.2, -0.15) is 48.3 Å². The van der Waals surface area contributed by atoms with Gasteiger partial charge in [-0.05, 0) is 6.42 Å². The lowest BCUT2D eigenvalue weighted by molar-refractivity contribution is -0.475. The van der Waals surface area contributed by atoms with Crippen molar-refractivity contribution in [3.8, 4) is 0 Å². The molecule has 0 amide bonds. The van der Waals surface area contributed by atoms with Gasteiger partial charge in [0.2, 0.25) is 0 Å². The molecule has 0 aliphatic carbocycles. The number of alkyl halides is 11. The fourth-order valence-corrected chi connectivity index (χ4v) is 1.02. The van der Waals surface area contributed by atoms with E-state index in [4.69, 9.17) is 0 Å². The molecule has 0 fully saturated rings. The normalized spacial score (nSPS) is 16.7. The van der Waals surface area contributed by atoms with Crippen molar-refractivity contribution in [3.63, 3.8) is 0 Å². The van der Waals surface area contributed by atoms with Crippen LogP contribution in [0.3, 0.4) is 0 Å². The zero-order chi connectivity index (χ0) is 19.6. The number of carbonyl (C=O) groups is 1. The molecule has 0 spiro atoms. The van der Waals surface area contributed by atoms with Crippen molar-refractivity contribution in [2.45, 2.75) is 50.0 Å². The van der Waals surface area contributed by atoms with E-state index in [1.807, 2.05) is 4.74 Å². The molecule has 0 heterocycles. The van der Waals surface area contributed by atoms with Crippen molar-refractivity contribution >= 4 is 5.97 Å². The first kappa shape index (κ1) is 22.7. The molecule has 0 radical (unpaired) electrons. The maximum absolute atomic E-state index is 13.5. The minimum Gasteiger partial charge on any atom is -0.461 e. The molecule has 0 aromatic heterocycles. The first-order valence-corrected chi connectivity index (χ1v) is 5.89. The van der Waals surface area contributed by atoms with E-state index in [2.05, 4.69) is 4.74 Å². The van der Waals surface area contributed by atoms with Crippen LogP contribution in [0.5, 0.6) is 0 Å². The number of carbonyl (C=O) groups excluding carboxylic acids is 1. The molecule has 1 unspecified atom stereocenters. The van der Waals surface area contributed by atoms with Crippen molar-refractivity contribution in [3.05, 3.63) is 0 Å². The monoisotopic (exact) mass is 386 g/mol. The van der Waals surface area contributed by atoms with Gasteiger partial charge in [-0.3, -0.25) is 4.74 Å². The molecule has 24 heavy (non-hydrogen) atoms. The van der Waals surface area contributed by atoms with Gasteiger partial charge >= 0.3 is 36.2 Å². The lowest BCUT2D eigenvalue weighted by Gasteiger charge is -2.33. The van der Waals surface area contributed by atoms with E-state index < -0.39 is 42.8 Å². The Morgan fingerprint density at radius 3 is 1.62 bits per heavy atom. The summed E-state index contributed by atoms with van der Waals surface area (Å²) in [5.41, 5.74) is 0. The van der Waals surface area contributed by atoms with Crippen molar-refractivity contribution in [2.75, 3.05) is 6.61 Å². The summed E-state index contributed by atoms with van der Waals surface area (Å²) >= 11 is 0. The zero-order valence-corrected chi connectivity index (χ0v) is 11.5. The first-order valence-electron chi connectivity index (χ1n) is 5.89. The summed E-state index contributed by atoms with van der Waals surface area (Å²) in [5.74, 6) is -16.7. The standard InChI is InChI=1S/C10H9F11O3/c1-2-3-4-23-5(22)6(11,8(14,15)16)24-10(20,21)7(12,13)9(17,18)19/h2-4H2,1H3. The summed E-state index contributed by atoms with van der Waals surface area (Å²) in [6.45, 7) is 0.483. The topological polar surface area (TPSA) is 35.5 Å². The molecule has 0 saturated heterocycles. The van der Waals surface area contributed by atoms with Crippen LogP contribution in [0.25, 0.3) is 0 Å². The Bertz CT molecular complexity index is 442. The maximum Gasteiger partial charge on any atom is 0.462 e. The molecule has 14 heteroatoms. The van der Waals surface area contributed by atoms with E-state index in [1.165, 1.54) is 6.92 Å². The molecule has 0 rings (SSSR count). The Balaban J connectivity index is 5.69. The average Bonchev–Trinajstić information content (AvgIpc) is 2.35. The Labute approximate surface area is 126 Å². The predicted molar refractivity (Wildman–Crippen MR) is 52.8 cm³/mol. The minimum absolute atomic E-state index is 0.172. The molecular weight excluding hydrogens is 377 g/mol. The van der Waals surface area contributed by atoms with Crippen molar-refractivity contribution < 1.29 is 62.6 Å². The van der Waals surface area contributed by atoms with Gasteiger partial charge in [-0.25, -0.2) is 4.79 Å². The molecule has 0 saturated carbocycles. The molecule has 0 aromatic rings. The highest BCUT2D eigenvalue weighted by atomic mass is 19.4. The molecule has 0 aliphatic rings. The quantitative estimate of drug-likeness (QED) is 0.371. The van der Waals surface area contributed by atoms with Crippen LogP contribution in [0.15, 0.2) is 0 Å². The van der Waals surface area contributed by atoms with Crippen molar-refractivity contribution in [1.82, 2.24) is 0 Å². The number of hydrogen-bond acceptors (Lipinski definition) is 3. The number of unbranched alkanes of at least 4 members (excludes halogenated alkanes) is 1. The minimum atomic E-state index is -7.22. The highest BCUT2D eigenvalue weighted by Gasteiger charge is 2.80. The summed E-state index contributed by atoms with van der Waals surface area (Å²) in [7, 11) is 0. The third-order valence-electron chi connectivity index (χ3n) is 2.35. The predicted octanol–water partition coefficient (Wildman–Crippen LogP) is 4.36. The van der Waals surface area contributed by atoms with Gasteiger partial charge in [0.15, 0.2) is 0 Å². The Kier molecular flexibility index (Phi) is 6.50. The first-order chi connectivity index (χ1) is 10.4. The number of halogens is 11.